The van der Waals surface area contributed by atoms with Crippen molar-refractivity contribution < 1.29 is 0 Å². The van der Waals surface area contributed by atoms with Crippen molar-refractivity contribution in [2.45, 2.75) is 31.7 Å². The first-order valence-electron chi connectivity index (χ1n) is 8.50. The zero-order valence-corrected chi connectivity index (χ0v) is 13.5. The van der Waals surface area contributed by atoms with Gasteiger partial charge in [0.2, 0.25) is 0 Å². The number of H-pyrrole nitrogens is 1. The first-order chi connectivity index (χ1) is 11.7. The lowest BCUT2D eigenvalue weighted by atomic mass is 9.99. The van der Waals surface area contributed by atoms with E-state index in [1.165, 1.54) is 25.7 Å². The van der Waals surface area contributed by atoms with Crippen LogP contribution in [0.4, 0.5) is 0 Å². The summed E-state index contributed by atoms with van der Waals surface area (Å²) in [5.74, 6) is 1.44. The van der Waals surface area contributed by atoms with E-state index in [2.05, 4.69) is 29.3 Å². The van der Waals surface area contributed by atoms with E-state index in [-0.39, 0.29) is 6.04 Å². The number of nitrogens with one attached hydrogen (secondary N) is 1. The first-order valence-corrected chi connectivity index (χ1v) is 8.50. The van der Waals surface area contributed by atoms with Crippen molar-refractivity contribution in [2.75, 3.05) is 0 Å². The standard InChI is InChI=1S/C20H20N4/c21-12-13-5-7-14(8-6-13)16-9-10-17-18(11-16)24-20(23-17)19(22)15-3-1-2-4-15/h5-11,15,19H,1-4,22H2,(H,23,24). The molecule has 0 aliphatic heterocycles. The number of rotatable bonds is 3. The minimum Gasteiger partial charge on any atom is -0.341 e. The number of aromatic amines is 1. The zero-order chi connectivity index (χ0) is 16.5. The highest BCUT2D eigenvalue weighted by atomic mass is 15.0. The molecule has 120 valence electrons. The molecule has 1 aliphatic rings. The Morgan fingerprint density at radius 2 is 1.79 bits per heavy atom. The van der Waals surface area contributed by atoms with Crippen LogP contribution < -0.4 is 5.73 Å². The molecule has 4 nitrogen and oxygen atoms in total. The number of hydrogen-bond acceptors (Lipinski definition) is 3. The quantitative estimate of drug-likeness (QED) is 0.756. The van der Waals surface area contributed by atoms with Crippen LogP contribution in [0, 0.1) is 17.2 Å². The van der Waals surface area contributed by atoms with E-state index in [0.717, 1.165) is 28.0 Å². The van der Waals surface area contributed by atoms with E-state index in [0.29, 0.717) is 11.5 Å². The third-order valence-corrected chi connectivity index (χ3v) is 5.07. The van der Waals surface area contributed by atoms with E-state index in [9.17, 15) is 0 Å². The van der Waals surface area contributed by atoms with Crippen molar-refractivity contribution in [3.05, 3.63) is 53.9 Å². The van der Waals surface area contributed by atoms with Crippen molar-refractivity contribution in [3.63, 3.8) is 0 Å². The molecule has 0 radical (unpaired) electrons. The van der Waals surface area contributed by atoms with E-state index in [1.807, 2.05) is 24.3 Å². The maximum absolute atomic E-state index is 8.91. The van der Waals surface area contributed by atoms with Crippen LogP contribution in [-0.2, 0) is 0 Å². The van der Waals surface area contributed by atoms with Crippen LogP contribution in [-0.4, -0.2) is 9.97 Å². The molecule has 3 N–H and O–H groups in total. The molecule has 0 spiro atoms. The van der Waals surface area contributed by atoms with E-state index in [4.69, 9.17) is 16.0 Å². The third-order valence-electron chi connectivity index (χ3n) is 5.07. The number of nitriles is 1. The van der Waals surface area contributed by atoms with Gasteiger partial charge < -0.3 is 10.7 Å². The Bertz CT molecular complexity index is 896. The summed E-state index contributed by atoms with van der Waals surface area (Å²) >= 11 is 0. The van der Waals surface area contributed by atoms with Crippen molar-refractivity contribution in [1.82, 2.24) is 9.97 Å². The van der Waals surface area contributed by atoms with Crippen molar-refractivity contribution >= 4 is 11.0 Å². The molecule has 1 unspecified atom stereocenters. The molecule has 1 saturated carbocycles. The minimum absolute atomic E-state index is 0.00161. The molecule has 4 heteroatoms. The maximum Gasteiger partial charge on any atom is 0.124 e. The molecular formula is C20H20N4. The molecule has 1 aromatic heterocycles. The Labute approximate surface area is 141 Å². The molecule has 0 bridgehead atoms. The number of hydrogen-bond donors (Lipinski definition) is 2. The lowest BCUT2D eigenvalue weighted by molar-refractivity contribution is 0.431. The summed E-state index contributed by atoms with van der Waals surface area (Å²) in [5, 5.41) is 8.91. The fraction of sp³-hybridized carbons (Fsp3) is 0.300. The van der Waals surface area contributed by atoms with Gasteiger partial charge in [0.25, 0.3) is 0 Å². The summed E-state index contributed by atoms with van der Waals surface area (Å²) < 4.78 is 0. The number of nitrogens with two attached hydrogens (primary N) is 1. The summed E-state index contributed by atoms with van der Waals surface area (Å²) in [7, 11) is 0. The fourth-order valence-corrected chi connectivity index (χ4v) is 3.64. The number of imidazole rings is 1. The van der Waals surface area contributed by atoms with E-state index >= 15 is 0 Å². The average molecular weight is 316 g/mol. The third kappa shape index (κ3) is 2.68. The lowest BCUT2D eigenvalue weighted by Gasteiger charge is -2.15. The van der Waals surface area contributed by atoms with Gasteiger partial charge in [0, 0.05) is 0 Å². The molecule has 1 aliphatic carbocycles. The fourth-order valence-electron chi connectivity index (χ4n) is 3.64. The number of benzene rings is 2. The topological polar surface area (TPSA) is 78.5 Å². The van der Waals surface area contributed by atoms with Gasteiger partial charge in [-0.2, -0.15) is 5.26 Å². The molecule has 0 saturated heterocycles. The zero-order valence-electron chi connectivity index (χ0n) is 13.5. The number of fused-ring (bicyclic) bond motifs is 1. The molecule has 24 heavy (non-hydrogen) atoms. The lowest BCUT2D eigenvalue weighted by Crippen LogP contribution is -2.20. The monoisotopic (exact) mass is 316 g/mol. The predicted octanol–water partition coefficient (Wildman–Crippen LogP) is 4.29. The van der Waals surface area contributed by atoms with Crippen LogP contribution in [0.5, 0.6) is 0 Å². The highest BCUT2D eigenvalue weighted by Gasteiger charge is 2.25. The van der Waals surface area contributed by atoms with Crippen LogP contribution in [0.25, 0.3) is 22.2 Å². The van der Waals surface area contributed by atoms with Crippen LogP contribution in [0.1, 0.15) is 43.1 Å². The largest absolute Gasteiger partial charge is 0.341 e. The normalized spacial score (nSPS) is 16.3. The van der Waals surface area contributed by atoms with Gasteiger partial charge in [-0.3, -0.25) is 0 Å². The molecule has 0 amide bonds. The first kappa shape index (κ1) is 14.9. The van der Waals surface area contributed by atoms with Gasteiger partial charge in [-0.1, -0.05) is 31.0 Å². The predicted molar refractivity (Wildman–Crippen MR) is 95.1 cm³/mol. The Hall–Kier alpha value is -2.64. The highest BCUT2D eigenvalue weighted by molar-refractivity contribution is 5.82. The second-order valence-electron chi connectivity index (χ2n) is 6.61. The van der Waals surface area contributed by atoms with Gasteiger partial charge in [-0.15, -0.1) is 0 Å². The van der Waals surface area contributed by atoms with E-state index in [1.54, 1.807) is 0 Å². The molecule has 1 heterocycles. The number of nitrogens with zero attached hydrogens (tertiary/aromatic N) is 2. The summed E-state index contributed by atoms with van der Waals surface area (Å²) in [6.07, 6.45) is 4.96. The summed E-state index contributed by atoms with van der Waals surface area (Å²) in [5.41, 5.74) is 11.2. The van der Waals surface area contributed by atoms with Gasteiger partial charge in [-0.25, -0.2) is 4.98 Å². The summed E-state index contributed by atoms with van der Waals surface area (Å²) in [4.78, 5) is 8.13. The molecule has 1 fully saturated rings. The SMILES string of the molecule is N#Cc1ccc(-c2ccc3[nH]c(C(N)C4CCCC4)nc3c2)cc1. The van der Waals surface area contributed by atoms with E-state index < -0.39 is 0 Å². The smallest absolute Gasteiger partial charge is 0.124 e. The van der Waals surface area contributed by atoms with Crippen molar-refractivity contribution in [1.29, 1.82) is 5.26 Å². The molecule has 4 rings (SSSR count). The molecule has 2 aromatic carbocycles. The van der Waals surface area contributed by atoms with Gasteiger partial charge >= 0.3 is 0 Å². The van der Waals surface area contributed by atoms with Gasteiger partial charge in [0.05, 0.1) is 28.7 Å². The van der Waals surface area contributed by atoms with Crippen LogP contribution >= 0.6 is 0 Å². The van der Waals surface area contributed by atoms with Crippen LogP contribution in [0.15, 0.2) is 42.5 Å². The van der Waals surface area contributed by atoms with Crippen molar-refractivity contribution in [2.24, 2.45) is 11.7 Å². The molecular weight excluding hydrogens is 296 g/mol. The van der Waals surface area contributed by atoms with Crippen LogP contribution in [0.2, 0.25) is 0 Å². The number of aromatic nitrogens is 2. The Morgan fingerprint density at radius 1 is 1.08 bits per heavy atom. The van der Waals surface area contributed by atoms with Crippen molar-refractivity contribution in [3.8, 4) is 17.2 Å². The summed E-state index contributed by atoms with van der Waals surface area (Å²) in [6.45, 7) is 0. The van der Waals surface area contributed by atoms with Gasteiger partial charge in [0.1, 0.15) is 5.82 Å². The average Bonchev–Trinajstić information content (AvgIpc) is 3.30. The Balaban J connectivity index is 1.66. The Kier molecular flexibility index (Phi) is 3.79. The minimum atomic E-state index is -0.00161. The maximum atomic E-state index is 8.91. The second-order valence-corrected chi connectivity index (χ2v) is 6.61. The molecule has 3 aromatic rings. The highest BCUT2D eigenvalue weighted by Crippen LogP contribution is 2.34. The van der Waals surface area contributed by atoms with Gasteiger partial charge in [0.15, 0.2) is 0 Å². The van der Waals surface area contributed by atoms with Crippen LogP contribution in [0.3, 0.4) is 0 Å². The summed E-state index contributed by atoms with van der Waals surface area (Å²) in [6, 6.07) is 16.0. The molecule has 1 atom stereocenters. The Morgan fingerprint density at radius 3 is 2.50 bits per heavy atom. The second kappa shape index (κ2) is 6.10. The van der Waals surface area contributed by atoms with Gasteiger partial charge in [-0.05, 0) is 54.2 Å².